The van der Waals surface area contributed by atoms with Crippen molar-refractivity contribution in [2.75, 3.05) is 26.7 Å². The molecule has 1 aliphatic heterocycles. The summed E-state index contributed by atoms with van der Waals surface area (Å²) in [6, 6.07) is 5.59. The largest absolute Gasteiger partial charge is 0.352 e. The van der Waals surface area contributed by atoms with E-state index in [4.69, 9.17) is 0 Å². The van der Waals surface area contributed by atoms with Gasteiger partial charge in [-0.05, 0) is 60.1 Å². The van der Waals surface area contributed by atoms with Crippen molar-refractivity contribution in [2.24, 2.45) is 5.92 Å². The van der Waals surface area contributed by atoms with Gasteiger partial charge in [-0.15, -0.1) is 0 Å². The Morgan fingerprint density at radius 1 is 1.50 bits per heavy atom. The van der Waals surface area contributed by atoms with Crippen molar-refractivity contribution in [3.8, 4) is 0 Å². The Morgan fingerprint density at radius 2 is 2.28 bits per heavy atom. The summed E-state index contributed by atoms with van der Waals surface area (Å²) in [5, 5.41) is 3.01. The van der Waals surface area contributed by atoms with Crippen molar-refractivity contribution in [3.05, 3.63) is 32.7 Å². The molecule has 1 fully saturated rings. The number of hydrogen-bond acceptors (Lipinski definition) is 2. The maximum absolute atomic E-state index is 12.0. The van der Waals surface area contributed by atoms with Gasteiger partial charge in [-0.25, -0.2) is 0 Å². The minimum atomic E-state index is -0.0103. The normalized spacial score (nSPS) is 20.1. The van der Waals surface area contributed by atoms with Crippen molar-refractivity contribution in [1.82, 2.24) is 10.2 Å². The highest BCUT2D eigenvalue weighted by molar-refractivity contribution is 9.11. The molecule has 1 aliphatic rings. The molecule has 1 unspecified atom stereocenters. The Hall–Kier alpha value is -0.390. The number of nitrogens with one attached hydrogen (secondary N) is 1. The van der Waals surface area contributed by atoms with Crippen molar-refractivity contribution in [3.63, 3.8) is 0 Å². The first-order valence-electron chi connectivity index (χ1n) is 5.98. The Labute approximate surface area is 124 Å². The maximum atomic E-state index is 12.0. The summed E-state index contributed by atoms with van der Waals surface area (Å²) < 4.78 is 1.78. The Kier molecular flexibility index (Phi) is 4.81. The number of benzene rings is 1. The fourth-order valence-electron chi connectivity index (χ4n) is 2.20. The van der Waals surface area contributed by atoms with Gasteiger partial charge in [-0.1, -0.05) is 15.9 Å². The molecular formula is C13H16Br2N2O. The third-order valence-corrected chi connectivity index (χ3v) is 4.37. The van der Waals surface area contributed by atoms with Gasteiger partial charge in [0.2, 0.25) is 0 Å². The number of rotatable bonds is 3. The molecular weight excluding hydrogens is 360 g/mol. The van der Waals surface area contributed by atoms with Crippen LogP contribution in [0.25, 0.3) is 0 Å². The van der Waals surface area contributed by atoms with Crippen molar-refractivity contribution >= 4 is 37.8 Å². The molecule has 0 radical (unpaired) electrons. The predicted molar refractivity (Wildman–Crippen MR) is 79.8 cm³/mol. The minimum absolute atomic E-state index is 0.0103. The highest BCUT2D eigenvalue weighted by Gasteiger charge is 2.20. The van der Waals surface area contributed by atoms with E-state index in [-0.39, 0.29) is 5.91 Å². The lowest BCUT2D eigenvalue weighted by atomic mass is 10.1. The topological polar surface area (TPSA) is 32.3 Å². The van der Waals surface area contributed by atoms with E-state index in [9.17, 15) is 4.79 Å². The van der Waals surface area contributed by atoms with Crippen LogP contribution in [-0.4, -0.2) is 37.5 Å². The summed E-state index contributed by atoms with van der Waals surface area (Å²) in [7, 11) is 2.12. The number of halogens is 2. The summed E-state index contributed by atoms with van der Waals surface area (Å²) in [4.78, 5) is 14.3. The summed E-state index contributed by atoms with van der Waals surface area (Å²) in [6.07, 6.45) is 1.16. The van der Waals surface area contributed by atoms with E-state index in [1.807, 2.05) is 18.2 Å². The van der Waals surface area contributed by atoms with Gasteiger partial charge in [-0.3, -0.25) is 4.79 Å². The lowest BCUT2D eigenvalue weighted by Gasteiger charge is -2.12. The highest BCUT2D eigenvalue weighted by atomic mass is 79.9. The zero-order chi connectivity index (χ0) is 13.1. The van der Waals surface area contributed by atoms with Crippen LogP contribution < -0.4 is 5.32 Å². The average molecular weight is 376 g/mol. The van der Waals surface area contributed by atoms with E-state index in [2.05, 4.69) is 49.1 Å². The van der Waals surface area contributed by atoms with Gasteiger partial charge in [0.1, 0.15) is 0 Å². The van der Waals surface area contributed by atoms with Crippen LogP contribution in [0.4, 0.5) is 0 Å². The Balaban J connectivity index is 1.91. The Morgan fingerprint density at radius 3 is 2.89 bits per heavy atom. The molecule has 2 rings (SSSR count). The van der Waals surface area contributed by atoms with Crippen LogP contribution in [0.5, 0.6) is 0 Å². The van der Waals surface area contributed by atoms with Crippen LogP contribution in [0.2, 0.25) is 0 Å². The molecule has 0 aromatic heterocycles. The van der Waals surface area contributed by atoms with E-state index in [0.29, 0.717) is 11.5 Å². The van der Waals surface area contributed by atoms with E-state index >= 15 is 0 Å². The maximum Gasteiger partial charge on any atom is 0.252 e. The molecule has 3 nitrogen and oxygen atoms in total. The van der Waals surface area contributed by atoms with Gasteiger partial charge in [0.15, 0.2) is 0 Å². The van der Waals surface area contributed by atoms with Gasteiger partial charge in [0.25, 0.3) is 5.91 Å². The molecule has 1 N–H and O–H groups in total. The van der Waals surface area contributed by atoms with Crippen LogP contribution in [0.15, 0.2) is 27.1 Å². The van der Waals surface area contributed by atoms with Gasteiger partial charge >= 0.3 is 0 Å². The lowest BCUT2D eigenvalue weighted by molar-refractivity contribution is 0.0947. The third-order valence-electron chi connectivity index (χ3n) is 3.22. The molecule has 1 aromatic rings. The molecule has 98 valence electrons. The molecule has 1 amide bonds. The summed E-state index contributed by atoms with van der Waals surface area (Å²) in [5.74, 6) is 0.567. The minimum Gasteiger partial charge on any atom is -0.352 e. The second kappa shape index (κ2) is 6.17. The first-order chi connectivity index (χ1) is 8.56. The summed E-state index contributed by atoms with van der Waals surface area (Å²) in [5.41, 5.74) is 0.685. The smallest absolute Gasteiger partial charge is 0.252 e. The molecule has 1 saturated heterocycles. The van der Waals surface area contributed by atoms with Crippen LogP contribution in [-0.2, 0) is 0 Å². The number of likely N-dealkylation sites (tertiary alicyclic amines) is 1. The molecule has 0 saturated carbocycles. The summed E-state index contributed by atoms with van der Waals surface area (Å²) >= 11 is 6.79. The zero-order valence-electron chi connectivity index (χ0n) is 10.2. The van der Waals surface area contributed by atoms with Crippen LogP contribution in [0.3, 0.4) is 0 Å². The SMILES string of the molecule is CN1CCC(CNC(=O)c2ccc(Br)cc2Br)C1. The molecule has 0 bridgehead atoms. The first-order valence-corrected chi connectivity index (χ1v) is 7.56. The zero-order valence-corrected chi connectivity index (χ0v) is 13.4. The van der Waals surface area contributed by atoms with Gasteiger partial charge in [0, 0.05) is 22.0 Å². The molecule has 0 spiro atoms. The number of nitrogens with zero attached hydrogens (tertiary/aromatic N) is 1. The highest BCUT2D eigenvalue weighted by Crippen LogP contribution is 2.22. The number of hydrogen-bond donors (Lipinski definition) is 1. The molecule has 18 heavy (non-hydrogen) atoms. The second-order valence-corrected chi connectivity index (χ2v) is 6.52. The fourth-order valence-corrected chi connectivity index (χ4v) is 3.43. The van der Waals surface area contributed by atoms with E-state index < -0.39 is 0 Å². The van der Waals surface area contributed by atoms with Gasteiger partial charge < -0.3 is 10.2 Å². The molecule has 1 atom stereocenters. The average Bonchev–Trinajstić information content (AvgIpc) is 2.72. The summed E-state index contributed by atoms with van der Waals surface area (Å²) in [6.45, 7) is 2.95. The number of carbonyl (C=O) groups excluding carboxylic acids is 1. The van der Waals surface area contributed by atoms with Crippen molar-refractivity contribution in [1.29, 1.82) is 0 Å². The van der Waals surface area contributed by atoms with Gasteiger partial charge in [-0.2, -0.15) is 0 Å². The molecule has 1 heterocycles. The van der Waals surface area contributed by atoms with Crippen LogP contribution in [0, 0.1) is 5.92 Å². The standard InChI is InChI=1S/C13H16Br2N2O/c1-17-5-4-9(8-17)7-16-13(18)11-3-2-10(14)6-12(11)15/h2-3,6,9H,4-5,7-8H2,1H3,(H,16,18). The number of amides is 1. The molecule has 5 heteroatoms. The Bertz CT molecular complexity index is 451. The second-order valence-electron chi connectivity index (χ2n) is 4.75. The monoisotopic (exact) mass is 374 g/mol. The van der Waals surface area contributed by atoms with E-state index in [1.165, 1.54) is 0 Å². The van der Waals surface area contributed by atoms with Crippen molar-refractivity contribution < 1.29 is 4.79 Å². The molecule has 0 aliphatic carbocycles. The van der Waals surface area contributed by atoms with Crippen molar-refractivity contribution in [2.45, 2.75) is 6.42 Å². The van der Waals surface area contributed by atoms with Crippen LogP contribution in [0.1, 0.15) is 16.8 Å². The van der Waals surface area contributed by atoms with Crippen LogP contribution >= 0.6 is 31.9 Å². The quantitative estimate of drug-likeness (QED) is 0.880. The van der Waals surface area contributed by atoms with Gasteiger partial charge in [0.05, 0.1) is 5.56 Å². The first kappa shape index (κ1) is 14.0. The van der Waals surface area contributed by atoms with E-state index in [1.54, 1.807) is 0 Å². The molecule has 1 aromatic carbocycles. The predicted octanol–water partition coefficient (Wildman–Crippen LogP) is 2.89. The third kappa shape index (κ3) is 3.56. The number of carbonyl (C=O) groups is 1. The lowest BCUT2D eigenvalue weighted by Crippen LogP contribution is -2.30. The fraction of sp³-hybridized carbons (Fsp3) is 0.462. The van der Waals surface area contributed by atoms with E-state index in [0.717, 1.165) is 35.0 Å².